The fourth-order valence-electron chi connectivity index (χ4n) is 1.61. The van der Waals surface area contributed by atoms with Crippen LogP contribution in [0.4, 0.5) is 5.69 Å². The molecule has 0 atom stereocenters. The van der Waals surface area contributed by atoms with Crippen molar-refractivity contribution in [3.63, 3.8) is 0 Å². The number of benzene rings is 1. The molecule has 5 N–H and O–H groups in total. The first kappa shape index (κ1) is 18.7. The third-order valence-electron chi connectivity index (χ3n) is 2.66. The number of amides is 1. The lowest BCUT2D eigenvalue weighted by molar-refractivity contribution is -0.109. The predicted molar refractivity (Wildman–Crippen MR) is 89.0 cm³/mol. The molecule has 1 heterocycles. The highest BCUT2D eigenvalue weighted by Gasteiger charge is 2.11. The van der Waals surface area contributed by atoms with Crippen molar-refractivity contribution < 1.29 is 9.53 Å². The topological polar surface area (TPSA) is 132 Å². The number of rotatable bonds is 5. The van der Waals surface area contributed by atoms with Crippen LogP contribution in [0.25, 0.3) is 0 Å². The number of aromatic nitrogens is 3. The van der Waals surface area contributed by atoms with E-state index in [0.717, 1.165) is 15.7 Å². The zero-order valence-corrected chi connectivity index (χ0v) is 14.3. The molecule has 1 aromatic heterocycles. The van der Waals surface area contributed by atoms with Crippen molar-refractivity contribution in [2.24, 2.45) is 11.7 Å². The zero-order valence-electron chi connectivity index (χ0n) is 12.7. The highest BCUT2D eigenvalue weighted by molar-refractivity contribution is 9.10. The number of carbonyl (C=O) groups is 1. The van der Waals surface area contributed by atoms with Gasteiger partial charge < -0.3 is 9.75 Å². The van der Waals surface area contributed by atoms with Crippen LogP contribution >= 0.6 is 15.9 Å². The Bertz CT molecular complexity index is 639. The average Bonchev–Trinajstić information content (AvgIpc) is 2.55. The summed E-state index contributed by atoms with van der Waals surface area (Å²) in [5.74, 6) is 10.6. The van der Waals surface area contributed by atoms with Crippen molar-refractivity contribution >= 4 is 28.0 Å². The minimum absolute atomic E-state index is 0.333. The van der Waals surface area contributed by atoms with Crippen LogP contribution in [0.2, 0.25) is 0 Å². The molecule has 9 nitrogen and oxygen atoms in total. The molecular formula is C13H18BrN7O2. The molecule has 2 rings (SSSR count). The number of hydrogen-bond donors (Lipinski definition) is 3. The van der Waals surface area contributed by atoms with Gasteiger partial charge in [-0.15, -0.1) is 10.2 Å². The van der Waals surface area contributed by atoms with Crippen molar-refractivity contribution in [1.82, 2.24) is 20.6 Å². The molecule has 23 heavy (non-hydrogen) atoms. The maximum Gasteiger partial charge on any atom is 0.255 e. The van der Waals surface area contributed by atoms with Gasteiger partial charge in [0.1, 0.15) is 18.6 Å². The molecule has 0 bridgehead atoms. The van der Waals surface area contributed by atoms with E-state index in [2.05, 4.69) is 37.0 Å². The third-order valence-corrected chi connectivity index (χ3v) is 3.40. The van der Waals surface area contributed by atoms with Gasteiger partial charge in [-0.3, -0.25) is 10.2 Å². The number of ether oxygens (including phenoxy) is 1. The Morgan fingerprint density at radius 2 is 2.17 bits per heavy atom. The second kappa shape index (κ2) is 9.66. The van der Waals surface area contributed by atoms with Crippen LogP contribution in [0.3, 0.4) is 0 Å². The van der Waals surface area contributed by atoms with Crippen molar-refractivity contribution in [3.05, 3.63) is 40.3 Å². The monoisotopic (exact) mass is 383 g/mol. The molecule has 124 valence electrons. The van der Waals surface area contributed by atoms with Gasteiger partial charge in [0.05, 0.1) is 5.69 Å². The maximum atomic E-state index is 8.94. The number of hydrazine groups is 2. The number of carbonyl (C=O) groups excluding carboxylic acids is 1. The van der Waals surface area contributed by atoms with Gasteiger partial charge >= 0.3 is 0 Å². The highest BCUT2D eigenvalue weighted by Crippen LogP contribution is 2.27. The lowest BCUT2D eigenvalue weighted by Crippen LogP contribution is -2.26. The Morgan fingerprint density at radius 1 is 1.48 bits per heavy atom. The van der Waals surface area contributed by atoms with E-state index in [1.165, 1.54) is 6.33 Å². The smallest absolute Gasteiger partial charge is 0.255 e. The molecule has 0 saturated carbocycles. The summed E-state index contributed by atoms with van der Waals surface area (Å²) in [6.45, 7) is 2.15. The van der Waals surface area contributed by atoms with Gasteiger partial charge in [-0.25, -0.2) is 16.7 Å². The van der Waals surface area contributed by atoms with Gasteiger partial charge in [0.25, 0.3) is 5.88 Å². The zero-order chi connectivity index (χ0) is 17.2. The van der Waals surface area contributed by atoms with E-state index in [1.54, 1.807) is 17.5 Å². The normalized spacial score (nSPS) is 9.43. The summed E-state index contributed by atoms with van der Waals surface area (Å²) < 4.78 is 6.57. The van der Waals surface area contributed by atoms with Crippen LogP contribution in [-0.4, -0.2) is 28.6 Å². The summed E-state index contributed by atoms with van der Waals surface area (Å²) in [6, 6.07) is 5.78. The molecule has 10 heteroatoms. The summed E-state index contributed by atoms with van der Waals surface area (Å²) in [5.41, 5.74) is 4.27. The van der Waals surface area contributed by atoms with Gasteiger partial charge in [0.15, 0.2) is 0 Å². The molecule has 2 aromatic rings. The predicted octanol–water partition coefficient (Wildman–Crippen LogP) is 0.438. The van der Waals surface area contributed by atoms with Crippen LogP contribution in [0, 0.1) is 6.92 Å². The highest BCUT2D eigenvalue weighted by atomic mass is 79.9. The molecular weight excluding hydrogens is 366 g/mol. The number of halogens is 1. The first-order valence-corrected chi connectivity index (χ1v) is 7.23. The maximum absolute atomic E-state index is 8.94. The number of nitrogens with zero attached hydrogens (tertiary/aromatic N) is 4. The van der Waals surface area contributed by atoms with Crippen molar-refractivity contribution in [2.45, 2.75) is 13.5 Å². The minimum atomic E-state index is 0.333. The summed E-state index contributed by atoms with van der Waals surface area (Å²) >= 11 is 3.49. The van der Waals surface area contributed by atoms with Crippen LogP contribution in [0.1, 0.15) is 11.3 Å². The van der Waals surface area contributed by atoms with E-state index < -0.39 is 0 Å². The van der Waals surface area contributed by atoms with Crippen LogP contribution in [0.15, 0.2) is 29.0 Å². The van der Waals surface area contributed by atoms with Gasteiger partial charge in [0, 0.05) is 17.1 Å². The molecule has 0 radical (unpaired) electrons. The molecule has 0 aliphatic rings. The number of nitrogens with one attached hydrogen (secondary N) is 1. The molecule has 0 unspecified atom stereocenters. The van der Waals surface area contributed by atoms with E-state index in [-0.39, 0.29) is 0 Å². The Balaban J connectivity index is 0.000000593. The first-order valence-electron chi connectivity index (χ1n) is 6.44. The SMILES string of the molecule is Cc1ncnnc1OCc1c(Br)cccc1N(C)N.NNC=O. The number of nitrogens with two attached hydrogens (primary N) is 2. The number of hydrogen-bond acceptors (Lipinski definition) is 8. The Hall–Kier alpha value is -2.30. The van der Waals surface area contributed by atoms with Crippen LogP contribution in [0.5, 0.6) is 5.88 Å². The standard InChI is InChI=1S/C12H14BrN5O.CH4N2O/c1-8-12(17-16-7-15-8)19-6-9-10(13)4-3-5-11(9)18(2)14;2-3-1-4/h3-5,7H,6,14H2,1-2H3;1H,2H2,(H,3,4). The Kier molecular flexibility index (Phi) is 7.88. The lowest BCUT2D eigenvalue weighted by Gasteiger charge is -2.18. The first-order chi connectivity index (χ1) is 11.0. The third kappa shape index (κ3) is 5.77. The largest absolute Gasteiger partial charge is 0.470 e. The molecule has 1 amide bonds. The Labute approximate surface area is 142 Å². The van der Waals surface area contributed by atoms with E-state index in [0.29, 0.717) is 24.6 Å². The fourth-order valence-corrected chi connectivity index (χ4v) is 2.08. The lowest BCUT2D eigenvalue weighted by atomic mass is 10.2. The van der Waals surface area contributed by atoms with Gasteiger partial charge in [-0.2, -0.15) is 0 Å². The van der Waals surface area contributed by atoms with Gasteiger partial charge in [-0.05, 0) is 19.1 Å². The fraction of sp³-hybridized carbons (Fsp3) is 0.231. The second-order valence-electron chi connectivity index (χ2n) is 4.27. The van der Waals surface area contributed by atoms with Gasteiger partial charge in [0.2, 0.25) is 6.41 Å². The number of aryl methyl sites for hydroxylation is 1. The second-order valence-corrected chi connectivity index (χ2v) is 5.13. The Morgan fingerprint density at radius 3 is 2.74 bits per heavy atom. The molecule has 0 aliphatic heterocycles. The van der Waals surface area contributed by atoms with Crippen LogP contribution in [-0.2, 0) is 11.4 Å². The molecule has 0 fully saturated rings. The molecule has 0 spiro atoms. The summed E-state index contributed by atoms with van der Waals surface area (Å²) in [6.07, 6.45) is 1.79. The van der Waals surface area contributed by atoms with Gasteiger partial charge in [-0.1, -0.05) is 22.0 Å². The van der Waals surface area contributed by atoms with Crippen molar-refractivity contribution in [1.29, 1.82) is 0 Å². The van der Waals surface area contributed by atoms with E-state index in [9.17, 15) is 0 Å². The summed E-state index contributed by atoms with van der Waals surface area (Å²) in [7, 11) is 1.78. The average molecular weight is 384 g/mol. The molecule has 0 saturated heterocycles. The van der Waals surface area contributed by atoms with E-state index >= 15 is 0 Å². The molecule has 1 aromatic carbocycles. The number of anilines is 1. The minimum Gasteiger partial charge on any atom is -0.470 e. The van der Waals surface area contributed by atoms with E-state index in [1.807, 2.05) is 25.1 Å². The van der Waals surface area contributed by atoms with E-state index in [4.69, 9.17) is 15.4 Å². The van der Waals surface area contributed by atoms with Crippen molar-refractivity contribution in [2.75, 3.05) is 12.1 Å². The summed E-state index contributed by atoms with van der Waals surface area (Å²) in [5, 5.41) is 9.15. The molecule has 0 aliphatic carbocycles. The summed E-state index contributed by atoms with van der Waals surface area (Å²) in [4.78, 5) is 13.0. The van der Waals surface area contributed by atoms with Crippen LogP contribution < -0.4 is 26.9 Å². The van der Waals surface area contributed by atoms with Crippen molar-refractivity contribution in [3.8, 4) is 5.88 Å². The quantitative estimate of drug-likeness (QED) is 0.293.